The molecule has 3 aromatic rings. The molecule has 4 rings (SSSR count). The summed E-state index contributed by atoms with van der Waals surface area (Å²) in [5, 5.41) is 9.78. The molecule has 2 amide bonds. The van der Waals surface area contributed by atoms with Crippen LogP contribution in [0.3, 0.4) is 0 Å². The highest BCUT2D eigenvalue weighted by molar-refractivity contribution is 7.12. The molecule has 148 valence electrons. The molecule has 0 fully saturated rings. The summed E-state index contributed by atoms with van der Waals surface area (Å²) in [6.45, 7) is -0.0877. The van der Waals surface area contributed by atoms with Gasteiger partial charge in [-0.2, -0.15) is 5.10 Å². The fraction of sp³-hybridized carbons (Fsp3) is 0.190. The summed E-state index contributed by atoms with van der Waals surface area (Å²) >= 11 is 2.90. The summed E-state index contributed by atoms with van der Waals surface area (Å²) in [7, 11) is 1.60. The number of hydrogen-bond acceptors (Lipinski definition) is 5. The molecule has 1 atom stereocenters. The van der Waals surface area contributed by atoms with Crippen LogP contribution in [0.25, 0.3) is 0 Å². The van der Waals surface area contributed by atoms with Crippen LogP contribution in [0.1, 0.15) is 32.6 Å². The largest absolute Gasteiger partial charge is 0.332 e. The Hall–Kier alpha value is -2.84. The maximum Gasteiger partial charge on any atom is 0.264 e. The Morgan fingerprint density at radius 2 is 1.86 bits per heavy atom. The first-order chi connectivity index (χ1) is 14.0. The Morgan fingerprint density at radius 1 is 1.14 bits per heavy atom. The number of benzene rings is 1. The third-order valence-electron chi connectivity index (χ3n) is 4.68. The van der Waals surface area contributed by atoms with Crippen molar-refractivity contribution in [1.82, 2.24) is 9.91 Å². The number of hydrogen-bond donors (Lipinski definition) is 0. The van der Waals surface area contributed by atoms with E-state index in [1.165, 1.54) is 33.4 Å². The summed E-state index contributed by atoms with van der Waals surface area (Å²) < 4.78 is 13.4. The van der Waals surface area contributed by atoms with Gasteiger partial charge < -0.3 is 4.90 Å². The molecule has 0 N–H and O–H groups in total. The number of amides is 2. The van der Waals surface area contributed by atoms with Gasteiger partial charge >= 0.3 is 0 Å². The zero-order valence-corrected chi connectivity index (χ0v) is 17.3. The number of hydrazone groups is 1. The molecule has 1 aliphatic rings. The van der Waals surface area contributed by atoms with Gasteiger partial charge in [0.25, 0.3) is 11.8 Å². The standard InChI is InChI=1S/C21H18FN3O2S2/c1-24(21(27)19-5-3-11-29-19)13-20(26)25-17(14-6-8-15(22)9-7-14)12-16(23-25)18-4-2-10-28-18/h2-11,17H,12-13H2,1H3. The zero-order chi connectivity index (χ0) is 20.4. The predicted octanol–water partition coefficient (Wildman–Crippen LogP) is 4.40. The fourth-order valence-electron chi connectivity index (χ4n) is 3.21. The van der Waals surface area contributed by atoms with Crippen LogP contribution in [0.5, 0.6) is 0 Å². The van der Waals surface area contributed by atoms with E-state index >= 15 is 0 Å². The molecule has 3 heterocycles. The van der Waals surface area contributed by atoms with Crippen molar-refractivity contribution in [1.29, 1.82) is 0 Å². The van der Waals surface area contributed by atoms with Crippen molar-refractivity contribution >= 4 is 40.2 Å². The van der Waals surface area contributed by atoms with Gasteiger partial charge in [0, 0.05) is 13.5 Å². The molecule has 29 heavy (non-hydrogen) atoms. The molecule has 0 radical (unpaired) electrons. The van der Waals surface area contributed by atoms with E-state index in [9.17, 15) is 14.0 Å². The van der Waals surface area contributed by atoms with Gasteiger partial charge in [-0.05, 0) is 40.6 Å². The molecule has 0 spiro atoms. The molecule has 1 unspecified atom stereocenters. The number of carbonyl (C=O) groups is 2. The van der Waals surface area contributed by atoms with E-state index in [1.807, 2.05) is 22.9 Å². The molecular weight excluding hydrogens is 409 g/mol. The van der Waals surface area contributed by atoms with Crippen LogP contribution in [0.4, 0.5) is 4.39 Å². The Kier molecular flexibility index (Phi) is 5.55. The van der Waals surface area contributed by atoms with Gasteiger partial charge in [-0.25, -0.2) is 9.40 Å². The third kappa shape index (κ3) is 4.13. The predicted molar refractivity (Wildman–Crippen MR) is 113 cm³/mol. The number of rotatable bonds is 5. The van der Waals surface area contributed by atoms with E-state index in [0.717, 1.165) is 16.2 Å². The molecule has 1 aliphatic heterocycles. The number of thiophene rings is 2. The average Bonchev–Trinajstić information content (AvgIpc) is 3.48. The molecule has 0 bridgehead atoms. The van der Waals surface area contributed by atoms with Crippen LogP contribution < -0.4 is 0 Å². The van der Waals surface area contributed by atoms with Crippen molar-refractivity contribution in [2.24, 2.45) is 5.10 Å². The molecule has 5 nitrogen and oxygen atoms in total. The van der Waals surface area contributed by atoms with Crippen molar-refractivity contribution in [3.8, 4) is 0 Å². The first kappa shape index (κ1) is 19.5. The first-order valence-electron chi connectivity index (χ1n) is 9.01. The second kappa shape index (κ2) is 8.26. The lowest BCUT2D eigenvalue weighted by Crippen LogP contribution is -2.39. The quantitative estimate of drug-likeness (QED) is 0.606. The Morgan fingerprint density at radius 3 is 2.52 bits per heavy atom. The van der Waals surface area contributed by atoms with E-state index in [1.54, 1.807) is 42.6 Å². The highest BCUT2D eigenvalue weighted by Crippen LogP contribution is 2.34. The monoisotopic (exact) mass is 427 g/mol. The lowest BCUT2D eigenvalue weighted by atomic mass is 10.0. The van der Waals surface area contributed by atoms with E-state index in [4.69, 9.17) is 0 Å². The molecule has 0 saturated heterocycles. The van der Waals surface area contributed by atoms with Crippen LogP contribution in [-0.2, 0) is 4.79 Å². The third-order valence-corrected chi connectivity index (χ3v) is 6.45. The van der Waals surface area contributed by atoms with E-state index in [2.05, 4.69) is 5.10 Å². The van der Waals surface area contributed by atoms with Crippen LogP contribution in [0, 0.1) is 5.82 Å². The molecule has 1 aromatic carbocycles. The van der Waals surface area contributed by atoms with E-state index < -0.39 is 0 Å². The van der Waals surface area contributed by atoms with E-state index in [0.29, 0.717) is 11.3 Å². The minimum atomic E-state index is -0.328. The summed E-state index contributed by atoms with van der Waals surface area (Å²) in [5.41, 5.74) is 1.62. The number of likely N-dealkylation sites (N-methyl/N-ethyl adjacent to an activating group) is 1. The number of nitrogens with zero attached hydrogens (tertiary/aromatic N) is 3. The van der Waals surface area contributed by atoms with Crippen LogP contribution in [0.15, 0.2) is 64.4 Å². The van der Waals surface area contributed by atoms with Crippen LogP contribution in [0.2, 0.25) is 0 Å². The maximum atomic E-state index is 13.4. The van der Waals surface area contributed by atoms with Gasteiger partial charge in [-0.3, -0.25) is 9.59 Å². The van der Waals surface area contributed by atoms with Crippen LogP contribution >= 0.6 is 22.7 Å². The van der Waals surface area contributed by atoms with Gasteiger partial charge in [0.05, 0.1) is 21.5 Å². The number of halogens is 1. The summed E-state index contributed by atoms with van der Waals surface area (Å²) in [4.78, 5) is 28.5. The highest BCUT2D eigenvalue weighted by atomic mass is 32.1. The van der Waals surface area contributed by atoms with Gasteiger partial charge in [-0.15, -0.1) is 22.7 Å². The van der Waals surface area contributed by atoms with Crippen molar-refractivity contribution < 1.29 is 14.0 Å². The molecule has 0 aliphatic carbocycles. The Bertz CT molecular complexity index is 1030. The highest BCUT2D eigenvalue weighted by Gasteiger charge is 2.34. The summed E-state index contributed by atoms with van der Waals surface area (Å²) in [5.74, 6) is -0.808. The van der Waals surface area contributed by atoms with Gasteiger partial charge in [0.1, 0.15) is 12.4 Å². The smallest absolute Gasteiger partial charge is 0.264 e. The van der Waals surface area contributed by atoms with Crippen molar-refractivity contribution in [2.45, 2.75) is 12.5 Å². The van der Waals surface area contributed by atoms with Crippen molar-refractivity contribution in [2.75, 3.05) is 13.6 Å². The van der Waals surface area contributed by atoms with Crippen LogP contribution in [-0.4, -0.2) is 41.0 Å². The lowest BCUT2D eigenvalue weighted by molar-refractivity contribution is -0.133. The van der Waals surface area contributed by atoms with Crippen molar-refractivity contribution in [3.05, 3.63) is 80.4 Å². The fourth-order valence-corrected chi connectivity index (χ4v) is 4.65. The lowest BCUT2D eigenvalue weighted by Gasteiger charge is -2.24. The SMILES string of the molecule is CN(CC(=O)N1N=C(c2cccs2)CC1c1ccc(F)cc1)C(=O)c1cccs1. The molecule has 0 saturated carbocycles. The second-order valence-corrected chi connectivity index (χ2v) is 8.57. The topological polar surface area (TPSA) is 53.0 Å². The maximum absolute atomic E-state index is 13.4. The zero-order valence-electron chi connectivity index (χ0n) is 15.6. The molecule has 8 heteroatoms. The molecule has 2 aromatic heterocycles. The summed E-state index contributed by atoms with van der Waals surface area (Å²) in [6.07, 6.45) is 0.542. The Balaban J connectivity index is 1.57. The molecular formula is C21H18FN3O2S2. The van der Waals surface area contributed by atoms with E-state index in [-0.39, 0.29) is 30.2 Å². The van der Waals surface area contributed by atoms with Gasteiger partial charge in [-0.1, -0.05) is 24.3 Å². The average molecular weight is 428 g/mol. The van der Waals surface area contributed by atoms with Gasteiger partial charge in [0.2, 0.25) is 0 Å². The summed E-state index contributed by atoms with van der Waals surface area (Å²) in [6, 6.07) is 13.2. The normalized spacial score (nSPS) is 16.0. The van der Waals surface area contributed by atoms with Crippen molar-refractivity contribution in [3.63, 3.8) is 0 Å². The van der Waals surface area contributed by atoms with Gasteiger partial charge in [0.15, 0.2) is 0 Å². The Labute approximate surface area is 175 Å². The minimum absolute atomic E-state index is 0.0877. The first-order valence-corrected chi connectivity index (χ1v) is 10.8. The number of carbonyl (C=O) groups excluding carboxylic acids is 2. The minimum Gasteiger partial charge on any atom is -0.332 e. The second-order valence-electron chi connectivity index (χ2n) is 6.67.